The van der Waals surface area contributed by atoms with Gasteiger partial charge in [0.25, 0.3) is 0 Å². The maximum atomic E-state index is 12.9. The molecule has 8 heteroatoms. The fourth-order valence-electron chi connectivity index (χ4n) is 2.18. The number of rotatable bonds is 4. The number of halogens is 3. The van der Waals surface area contributed by atoms with Gasteiger partial charge in [0.2, 0.25) is 5.91 Å². The largest absolute Gasteiger partial charge is 0.481 e. The third-order valence-electron chi connectivity index (χ3n) is 3.53. The van der Waals surface area contributed by atoms with Crippen molar-refractivity contribution in [3.05, 3.63) is 0 Å². The SMILES string of the molecule is CCNC(=O)C(C)N1CCC(C(=O)O)(C(F)(F)F)C1. The summed E-state index contributed by atoms with van der Waals surface area (Å²) in [5.74, 6) is -2.28. The molecule has 0 aromatic heterocycles. The molecule has 0 aromatic carbocycles. The number of alkyl halides is 3. The Bertz CT molecular complexity index is 373. The van der Waals surface area contributed by atoms with E-state index >= 15 is 0 Å². The van der Waals surface area contributed by atoms with E-state index in [9.17, 15) is 22.8 Å². The Balaban J connectivity index is 2.86. The molecule has 1 heterocycles. The van der Waals surface area contributed by atoms with Gasteiger partial charge < -0.3 is 10.4 Å². The molecule has 2 atom stereocenters. The average molecular weight is 282 g/mol. The predicted molar refractivity (Wildman–Crippen MR) is 60.5 cm³/mol. The van der Waals surface area contributed by atoms with Gasteiger partial charge in [-0.3, -0.25) is 14.5 Å². The van der Waals surface area contributed by atoms with E-state index in [1.165, 1.54) is 11.8 Å². The first kappa shape index (κ1) is 15.7. The Morgan fingerprint density at radius 3 is 2.42 bits per heavy atom. The average Bonchev–Trinajstić information content (AvgIpc) is 2.73. The number of carbonyl (C=O) groups is 2. The fraction of sp³-hybridized carbons (Fsp3) is 0.818. The molecule has 0 spiro atoms. The van der Waals surface area contributed by atoms with Gasteiger partial charge in [-0.1, -0.05) is 0 Å². The van der Waals surface area contributed by atoms with Gasteiger partial charge in [0.05, 0.1) is 6.04 Å². The standard InChI is InChI=1S/C11H17F3N2O3/c1-3-15-8(17)7(2)16-5-4-10(6-16,9(18)19)11(12,13)14/h7H,3-6H2,1-2H3,(H,15,17)(H,18,19). The summed E-state index contributed by atoms with van der Waals surface area (Å²) in [5.41, 5.74) is -2.77. The highest BCUT2D eigenvalue weighted by Gasteiger charge is 2.64. The molecule has 19 heavy (non-hydrogen) atoms. The molecule has 1 saturated heterocycles. The van der Waals surface area contributed by atoms with Crippen molar-refractivity contribution < 1.29 is 27.9 Å². The van der Waals surface area contributed by atoms with Crippen LogP contribution in [0.3, 0.4) is 0 Å². The molecular weight excluding hydrogens is 265 g/mol. The molecular formula is C11H17F3N2O3. The van der Waals surface area contributed by atoms with Crippen molar-refractivity contribution in [3.63, 3.8) is 0 Å². The Hall–Kier alpha value is -1.31. The molecule has 0 saturated carbocycles. The van der Waals surface area contributed by atoms with E-state index in [2.05, 4.69) is 5.32 Å². The molecule has 1 rings (SSSR count). The summed E-state index contributed by atoms with van der Waals surface area (Å²) in [6.07, 6.45) is -5.36. The molecule has 0 bridgehead atoms. The van der Waals surface area contributed by atoms with Gasteiger partial charge in [0.1, 0.15) is 0 Å². The third kappa shape index (κ3) is 2.83. The van der Waals surface area contributed by atoms with Crippen LogP contribution in [0.1, 0.15) is 20.3 Å². The van der Waals surface area contributed by atoms with Crippen molar-refractivity contribution in [2.75, 3.05) is 19.6 Å². The van der Waals surface area contributed by atoms with E-state index in [1.54, 1.807) is 6.92 Å². The van der Waals surface area contributed by atoms with E-state index in [0.717, 1.165) is 0 Å². The van der Waals surface area contributed by atoms with Gasteiger partial charge in [-0.15, -0.1) is 0 Å². The maximum absolute atomic E-state index is 12.9. The number of likely N-dealkylation sites (N-methyl/N-ethyl adjacent to an activating group) is 1. The van der Waals surface area contributed by atoms with Crippen molar-refractivity contribution in [2.45, 2.75) is 32.5 Å². The summed E-state index contributed by atoms with van der Waals surface area (Å²) < 4.78 is 38.8. The number of aliphatic carboxylic acids is 1. The molecule has 0 aromatic rings. The lowest BCUT2D eigenvalue weighted by Crippen LogP contribution is -2.50. The first-order valence-corrected chi connectivity index (χ1v) is 5.97. The number of carbonyl (C=O) groups excluding carboxylic acids is 1. The summed E-state index contributed by atoms with van der Waals surface area (Å²) in [5, 5.41) is 11.4. The van der Waals surface area contributed by atoms with Crippen LogP contribution in [-0.4, -0.2) is 53.7 Å². The quantitative estimate of drug-likeness (QED) is 0.802. The molecule has 1 aliphatic heterocycles. The van der Waals surface area contributed by atoms with Crippen LogP contribution in [0.5, 0.6) is 0 Å². The number of amides is 1. The monoisotopic (exact) mass is 282 g/mol. The molecule has 1 fully saturated rings. The zero-order valence-corrected chi connectivity index (χ0v) is 10.8. The number of hydrogen-bond acceptors (Lipinski definition) is 3. The summed E-state index contributed by atoms with van der Waals surface area (Å²) in [4.78, 5) is 23.8. The summed E-state index contributed by atoms with van der Waals surface area (Å²) in [6.45, 7) is 2.79. The van der Waals surface area contributed by atoms with Crippen molar-refractivity contribution >= 4 is 11.9 Å². The highest BCUT2D eigenvalue weighted by atomic mass is 19.4. The van der Waals surface area contributed by atoms with E-state index in [1.807, 2.05) is 0 Å². The lowest BCUT2D eigenvalue weighted by molar-refractivity contribution is -0.227. The molecule has 1 amide bonds. The second-order valence-corrected chi connectivity index (χ2v) is 4.68. The van der Waals surface area contributed by atoms with Crippen molar-refractivity contribution in [1.82, 2.24) is 10.2 Å². The van der Waals surface area contributed by atoms with Crippen LogP contribution in [0.4, 0.5) is 13.2 Å². The normalized spacial score (nSPS) is 26.2. The number of nitrogens with zero attached hydrogens (tertiary/aromatic N) is 1. The zero-order valence-electron chi connectivity index (χ0n) is 10.8. The highest BCUT2D eigenvalue weighted by molar-refractivity contribution is 5.82. The number of carboxylic acids is 1. The Kier molecular flexibility index (Phi) is 4.44. The first-order valence-electron chi connectivity index (χ1n) is 5.97. The lowest BCUT2D eigenvalue weighted by Gasteiger charge is -2.29. The van der Waals surface area contributed by atoms with Gasteiger partial charge in [-0.2, -0.15) is 13.2 Å². The second-order valence-electron chi connectivity index (χ2n) is 4.68. The van der Waals surface area contributed by atoms with Crippen molar-refractivity contribution in [1.29, 1.82) is 0 Å². The second kappa shape index (κ2) is 5.36. The molecule has 0 radical (unpaired) electrons. The first-order chi connectivity index (χ1) is 8.65. The van der Waals surface area contributed by atoms with Crippen LogP contribution in [0.25, 0.3) is 0 Å². The molecule has 2 N–H and O–H groups in total. The summed E-state index contributed by atoms with van der Waals surface area (Å²) in [6, 6.07) is -0.775. The van der Waals surface area contributed by atoms with Crippen LogP contribution in [0.15, 0.2) is 0 Å². The smallest absolute Gasteiger partial charge is 0.406 e. The molecule has 110 valence electrons. The van der Waals surface area contributed by atoms with Gasteiger partial charge in [0, 0.05) is 19.6 Å². The van der Waals surface area contributed by atoms with Crippen LogP contribution in [0, 0.1) is 5.41 Å². The summed E-state index contributed by atoms with van der Waals surface area (Å²) >= 11 is 0. The van der Waals surface area contributed by atoms with Crippen LogP contribution in [-0.2, 0) is 9.59 Å². The summed E-state index contributed by atoms with van der Waals surface area (Å²) in [7, 11) is 0. The van der Waals surface area contributed by atoms with E-state index < -0.39 is 42.5 Å². The van der Waals surface area contributed by atoms with E-state index in [4.69, 9.17) is 5.11 Å². The van der Waals surface area contributed by atoms with Crippen molar-refractivity contribution in [3.8, 4) is 0 Å². The van der Waals surface area contributed by atoms with Crippen LogP contribution < -0.4 is 5.32 Å². The molecule has 2 unspecified atom stereocenters. The zero-order chi connectivity index (χ0) is 14.8. The topological polar surface area (TPSA) is 69.6 Å². The third-order valence-corrected chi connectivity index (χ3v) is 3.53. The maximum Gasteiger partial charge on any atom is 0.406 e. The number of carboxylic acid groups (broad SMARTS) is 1. The number of nitrogens with one attached hydrogen (secondary N) is 1. The van der Waals surface area contributed by atoms with Gasteiger partial charge in [0.15, 0.2) is 5.41 Å². The number of likely N-dealkylation sites (tertiary alicyclic amines) is 1. The van der Waals surface area contributed by atoms with Gasteiger partial charge >= 0.3 is 12.1 Å². The minimum atomic E-state index is -4.82. The van der Waals surface area contributed by atoms with Crippen LogP contribution >= 0.6 is 0 Å². The Morgan fingerprint density at radius 2 is 2.05 bits per heavy atom. The van der Waals surface area contributed by atoms with Gasteiger partial charge in [-0.25, -0.2) is 0 Å². The number of hydrogen-bond donors (Lipinski definition) is 2. The lowest BCUT2D eigenvalue weighted by atomic mass is 9.86. The molecule has 5 nitrogen and oxygen atoms in total. The molecule has 1 aliphatic rings. The predicted octanol–water partition coefficient (Wildman–Crippen LogP) is 0.850. The molecule has 0 aliphatic carbocycles. The van der Waals surface area contributed by atoms with Gasteiger partial charge in [-0.05, 0) is 20.3 Å². The minimum absolute atomic E-state index is 0.0654. The van der Waals surface area contributed by atoms with Crippen LogP contribution in [0.2, 0.25) is 0 Å². The fourth-order valence-corrected chi connectivity index (χ4v) is 2.18. The Morgan fingerprint density at radius 1 is 1.47 bits per heavy atom. The minimum Gasteiger partial charge on any atom is -0.481 e. The van der Waals surface area contributed by atoms with Crippen molar-refractivity contribution in [2.24, 2.45) is 5.41 Å². The highest BCUT2D eigenvalue weighted by Crippen LogP contribution is 2.46. The van der Waals surface area contributed by atoms with E-state index in [0.29, 0.717) is 6.54 Å². The Labute approximate surface area is 108 Å². The van der Waals surface area contributed by atoms with E-state index in [-0.39, 0.29) is 6.54 Å².